The number of alkyl halides is 2. The van der Waals surface area contributed by atoms with Gasteiger partial charge >= 0.3 is 0 Å². The molecular formula is C11H14F3N. The van der Waals surface area contributed by atoms with Crippen molar-refractivity contribution >= 4 is 0 Å². The Hall–Kier alpha value is -1.03. The van der Waals surface area contributed by atoms with Crippen LogP contribution in [-0.2, 0) is 0 Å². The highest BCUT2D eigenvalue weighted by atomic mass is 19.3. The quantitative estimate of drug-likeness (QED) is 0.799. The maximum Gasteiger partial charge on any atom is 0.257 e. The molecule has 0 aliphatic rings. The normalized spacial score (nSPS) is 13.1. The lowest BCUT2D eigenvalue weighted by atomic mass is 10.1. The summed E-state index contributed by atoms with van der Waals surface area (Å²) in [5.74, 6) is -0.415. The molecule has 15 heavy (non-hydrogen) atoms. The number of hydrogen-bond donors (Lipinski definition) is 1. The first-order valence-electron chi connectivity index (χ1n) is 4.92. The molecule has 0 aliphatic heterocycles. The van der Waals surface area contributed by atoms with Gasteiger partial charge in [0.15, 0.2) is 0 Å². The zero-order valence-electron chi connectivity index (χ0n) is 8.51. The highest BCUT2D eigenvalue weighted by molar-refractivity contribution is 5.20. The fourth-order valence-corrected chi connectivity index (χ4v) is 1.32. The number of benzene rings is 1. The molecule has 0 radical (unpaired) electrons. The number of halogens is 3. The molecule has 0 fully saturated rings. The lowest BCUT2D eigenvalue weighted by Gasteiger charge is -2.17. The molecule has 0 heterocycles. The zero-order chi connectivity index (χ0) is 11.3. The molecule has 1 rings (SSSR count). The SMILES string of the molecule is CCCNC(c1ccc(F)cc1)C(F)F. The van der Waals surface area contributed by atoms with Crippen molar-refractivity contribution in [3.8, 4) is 0 Å². The van der Waals surface area contributed by atoms with E-state index in [2.05, 4.69) is 5.32 Å². The molecule has 4 heteroatoms. The van der Waals surface area contributed by atoms with Crippen LogP contribution in [0.5, 0.6) is 0 Å². The van der Waals surface area contributed by atoms with Crippen molar-refractivity contribution in [2.45, 2.75) is 25.8 Å². The average molecular weight is 217 g/mol. The van der Waals surface area contributed by atoms with Gasteiger partial charge < -0.3 is 5.32 Å². The van der Waals surface area contributed by atoms with Gasteiger partial charge in [-0.2, -0.15) is 0 Å². The third-order valence-corrected chi connectivity index (χ3v) is 2.10. The van der Waals surface area contributed by atoms with Crippen LogP contribution in [0.4, 0.5) is 13.2 Å². The van der Waals surface area contributed by atoms with Crippen molar-refractivity contribution < 1.29 is 13.2 Å². The van der Waals surface area contributed by atoms with Crippen LogP contribution in [0.1, 0.15) is 24.9 Å². The van der Waals surface area contributed by atoms with E-state index in [1.807, 2.05) is 6.92 Å². The smallest absolute Gasteiger partial charge is 0.257 e. The Labute approximate surface area is 87.3 Å². The van der Waals surface area contributed by atoms with E-state index >= 15 is 0 Å². The van der Waals surface area contributed by atoms with Crippen molar-refractivity contribution in [3.05, 3.63) is 35.6 Å². The number of nitrogens with one attached hydrogen (secondary N) is 1. The van der Waals surface area contributed by atoms with Crippen molar-refractivity contribution in [1.29, 1.82) is 0 Å². The Balaban J connectivity index is 2.74. The summed E-state index contributed by atoms with van der Waals surface area (Å²) in [6.45, 7) is 2.42. The van der Waals surface area contributed by atoms with Gasteiger partial charge in [-0.15, -0.1) is 0 Å². The second-order valence-electron chi connectivity index (χ2n) is 3.32. The highest BCUT2D eigenvalue weighted by Crippen LogP contribution is 2.20. The van der Waals surface area contributed by atoms with Gasteiger partial charge in [-0.3, -0.25) is 0 Å². The highest BCUT2D eigenvalue weighted by Gasteiger charge is 2.21. The Bertz CT molecular complexity index is 284. The Morgan fingerprint density at radius 2 is 1.80 bits per heavy atom. The van der Waals surface area contributed by atoms with E-state index in [1.54, 1.807) is 0 Å². The van der Waals surface area contributed by atoms with Gasteiger partial charge in [0.05, 0.1) is 6.04 Å². The Morgan fingerprint density at radius 3 is 2.27 bits per heavy atom. The molecule has 1 atom stereocenters. The summed E-state index contributed by atoms with van der Waals surface area (Å²) in [6, 6.07) is 4.14. The van der Waals surface area contributed by atoms with Gasteiger partial charge in [-0.25, -0.2) is 13.2 Å². The van der Waals surface area contributed by atoms with Crippen molar-refractivity contribution in [2.75, 3.05) is 6.54 Å². The van der Waals surface area contributed by atoms with E-state index < -0.39 is 18.3 Å². The second kappa shape index (κ2) is 5.75. The van der Waals surface area contributed by atoms with Gasteiger partial charge in [0.2, 0.25) is 0 Å². The molecule has 0 saturated carbocycles. The number of rotatable bonds is 5. The predicted molar refractivity (Wildman–Crippen MR) is 53.4 cm³/mol. The monoisotopic (exact) mass is 217 g/mol. The Kier molecular flexibility index (Phi) is 4.62. The molecule has 0 spiro atoms. The first kappa shape index (κ1) is 12.0. The van der Waals surface area contributed by atoms with Crippen LogP contribution < -0.4 is 5.32 Å². The molecule has 0 aromatic heterocycles. The molecule has 1 nitrogen and oxygen atoms in total. The van der Waals surface area contributed by atoms with Crippen molar-refractivity contribution in [1.82, 2.24) is 5.32 Å². The minimum atomic E-state index is -2.48. The summed E-state index contributed by atoms with van der Waals surface area (Å²) >= 11 is 0. The van der Waals surface area contributed by atoms with Crippen molar-refractivity contribution in [2.24, 2.45) is 0 Å². The largest absolute Gasteiger partial charge is 0.305 e. The minimum Gasteiger partial charge on any atom is -0.305 e. The molecule has 84 valence electrons. The zero-order valence-corrected chi connectivity index (χ0v) is 8.51. The fraction of sp³-hybridized carbons (Fsp3) is 0.455. The molecule has 1 N–H and O–H groups in total. The molecule has 0 saturated heterocycles. The minimum absolute atomic E-state index is 0.415. The van der Waals surface area contributed by atoms with E-state index in [4.69, 9.17) is 0 Å². The van der Waals surface area contributed by atoms with E-state index in [1.165, 1.54) is 24.3 Å². The average Bonchev–Trinajstić information content (AvgIpc) is 2.21. The predicted octanol–water partition coefficient (Wildman–Crippen LogP) is 3.13. The van der Waals surface area contributed by atoms with Crippen molar-refractivity contribution in [3.63, 3.8) is 0 Å². The molecule has 1 aromatic rings. The standard InChI is InChI=1S/C11H14F3N/c1-2-7-15-10(11(13)14)8-3-5-9(12)6-4-8/h3-6,10-11,15H,2,7H2,1H3. The van der Waals surface area contributed by atoms with Crippen LogP contribution >= 0.6 is 0 Å². The van der Waals surface area contributed by atoms with E-state index in [0.717, 1.165) is 6.42 Å². The van der Waals surface area contributed by atoms with Crippen LogP contribution in [0.25, 0.3) is 0 Å². The maximum absolute atomic E-state index is 12.7. The van der Waals surface area contributed by atoms with Gasteiger partial charge in [0.1, 0.15) is 5.82 Å². The van der Waals surface area contributed by atoms with E-state index in [-0.39, 0.29) is 0 Å². The Morgan fingerprint density at radius 1 is 1.20 bits per heavy atom. The summed E-state index contributed by atoms with van der Waals surface area (Å²) in [7, 11) is 0. The van der Waals surface area contributed by atoms with E-state index in [9.17, 15) is 13.2 Å². The maximum atomic E-state index is 12.7. The van der Waals surface area contributed by atoms with Crippen LogP contribution in [0.3, 0.4) is 0 Å². The van der Waals surface area contributed by atoms with E-state index in [0.29, 0.717) is 12.1 Å². The topological polar surface area (TPSA) is 12.0 Å². The third kappa shape index (κ3) is 3.55. The summed E-state index contributed by atoms with van der Waals surface area (Å²) < 4.78 is 37.9. The molecule has 0 bridgehead atoms. The second-order valence-corrected chi connectivity index (χ2v) is 3.32. The molecular weight excluding hydrogens is 203 g/mol. The lowest BCUT2D eigenvalue weighted by Crippen LogP contribution is -2.27. The summed E-state index contributed by atoms with van der Waals surface area (Å²) in [4.78, 5) is 0. The third-order valence-electron chi connectivity index (χ3n) is 2.10. The first-order chi connectivity index (χ1) is 7.15. The van der Waals surface area contributed by atoms with Gasteiger partial charge in [-0.1, -0.05) is 19.1 Å². The first-order valence-corrected chi connectivity index (χ1v) is 4.92. The fourth-order valence-electron chi connectivity index (χ4n) is 1.32. The molecule has 0 aliphatic carbocycles. The van der Waals surface area contributed by atoms with Gasteiger partial charge in [-0.05, 0) is 30.7 Å². The molecule has 0 amide bonds. The molecule has 1 aromatic carbocycles. The number of hydrogen-bond acceptors (Lipinski definition) is 1. The van der Waals surface area contributed by atoms with Crippen LogP contribution in [0.15, 0.2) is 24.3 Å². The summed E-state index contributed by atoms with van der Waals surface area (Å²) in [6.07, 6.45) is -1.70. The summed E-state index contributed by atoms with van der Waals surface area (Å²) in [5, 5.41) is 2.73. The lowest BCUT2D eigenvalue weighted by molar-refractivity contribution is 0.0984. The summed E-state index contributed by atoms with van der Waals surface area (Å²) in [5.41, 5.74) is 0.417. The van der Waals surface area contributed by atoms with Crippen LogP contribution in [-0.4, -0.2) is 13.0 Å². The van der Waals surface area contributed by atoms with Gasteiger partial charge in [0.25, 0.3) is 6.43 Å². The van der Waals surface area contributed by atoms with Crippen LogP contribution in [0.2, 0.25) is 0 Å². The van der Waals surface area contributed by atoms with Gasteiger partial charge in [0, 0.05) is 0 Å². The molecule has 1 unspecified atom stereocenters. The van der Waals surface area contributed by atoms with Crippen LogP contribution in [0, 0.1) is 5.82 Å².